The Morgan fingerprint density at radius 1 is 1.37 bits per heavy atom. The summed E-state index contributed by atoms with van der Waals surface area (Å²) in [6.07, 6.45) is 1.04. The SMILES string of the molecule is CCCNCCNC(=O)c1csc(S(N)(=O)=O)c1.Cl. The number of nitrogens with two attached hydrogens (primary N) is 1. The average molecular weight is 328 g/mol. The number of amides is 1. The third kappa shape index (κ3) is 6.35. The van der Waals surface area contributed by atoms with Crippen LogP contribution < -0.4 is 15.8 Å². The smallest absolute Gasteiger partial charge is 0.252 e. The fraction of sp³-hybridized carbons (Fsp3) is 0.500. The van der Waals surface area contributed by atoms with Gasteiger partial charge in [0.15, 0.2) is 0 Å². The third-order valence-corrected chi connectivity index (χ3v) is 4.52. The normalized spacial score (nSPS) is 10.8. The second-order valence-electron chi connectivity index (χ2n) is 3.71. The lowest BCUT2D eigenvalue weighted by atomic mass is 10.3. The summed E-state index contributed by atoms with van der Waals surface area (Å²) in [6.45, 7) is 4.15. The van der Waals surface area contributed by atoms with Gasteiger partial charge in [0, 0.05) is 18.5 Å². The zero-order valence-corrected chi connectivity index (χ0v) is 13.0. The standard InChI is InChI=1S/C10H17N3O3S2.ClH/c1-2-3-12-4-5-13-10(14)8-6-9(17-7-8)18(11,15)16;/h6-7,12H,2-5H2,1H3,(H,13,14)(H2,11,15,16);1H. The second kappa shape index (κ2) is 8.49. The first-order valence-corrected chi connectivity index (χ1v) is 7.98. The van der Waals surface area contributed by atoms with E-state index in [1.807, 2.05) is 0 Å². The second-order valence-corrected chi connectivity index (χ2v) is 6.40. The van der Waals surface area contributed by atoms with Gasteiger partial charge in [0.2, 0.25) is 10.0 Å². The van der Waals surface area contributed by atoms with Gasteiger partial charge in [0.1, 0.15) is 4.21 Å². The van der Waals surface area contributed by atoms with Crippen molar-refractivity contribution < 1.29 is 13.2 Å². The van der Waals surface area contributed by atoms with Gasteiger partial charge in [-0.2, -0.15) is 0 Å². The van der Waals surface area contributed by atoms with Crippen molar-refractivity contribution in [2.45, 2.75) is 17.6 Å². The lowest BCUT2D eigenvalue weighted by molar-refractivity contribution is 0.0954. The van der Waals surface area contributed by atoms with E-state index in [9.17, 15) is 13.2 Å². The van der Waals surface area contributed by atoms with Gasteiger partial charge < -0.3 is 10.6 Å². The van der Waals surface area contributed by atoms with E-state index in [-0.39, 0.29) is 22.5 Å². The monoisotopic (exact) mass is 327 g/mol. The molecule has 0 spiro atoms. The molecule has 1 heterocycles. The Morgan fingerprint density at radius 3 is 2.58 bits per heavy atom. The highest BCUT2D eigenvalue weighted by Crippen LogP contribution is 2.18. The van der Waals surface area contributed by atoms with E-state index in [1.165, 1.54) is 11.4 Å². The van der Waals surface area contributed by atoms with Crippen molar-refractivity contribution in [1.29, 1.82) is 0 Å². The quantitative estimate of drug-likeness (QED) is 0.636. The number of hydrogen-bond donors (Lipinski definition) is 3. The minimum atomic E-state index is -3.72. The third-order valence-electron chi connectivity index (χ3n) is 2.13. The highest BCUT2D eigenvalue weighted by molar-refractivity contribution is 7.91. The van der Waals surface area contributed by atoms with Crippen LogP contribution in [-0.4, -0.2) is 34.0 Å². The van der Waals surface area contributed by atoms with Gasteiger partial charge in [-0.3, -0.25) is 4.79 Å². The highest BCUT2D eigenvalue weighted by atomic mass is 35.5. The molecule has 19 heavy (non-hydrogen) atoms. The number of primary sulfonamides is 1. The fourth-order valence-electron chi connectivity index (χ4n) is 1.25. The molecule has 9 heteroatoms. The predicted octanol–water partition coefficient (Wildman–Crippen LogP) is 0.547. The molecule has 1 aromatic heterocycles. The summed E-state index contributed by atoms with van der Waals surface area (Å²) < 4.78 is 22.1. The van der Waals surface area contributed by atoms with E-state index < -0.39 is 10.0 Å². The molecule has 0 saturated heterocycles. The molecule has 1 amide bonds. The van der Waals surface area contributed by atoms with Gasteiger partial charge >= 0.3 is 0 Å². The maximum Gasteiger partial charge on any atom is 0.252 e. The molecule has 0 saturated carbocycles. The molecule has 0 atom stereocenters. The lowest BCUT2D eigenvalue weighted by Gasteiger charge is -2.04. The summed E-state index contributed by atoms with van der Waals surface area (Å²) in [7, 11) is -3.72. The molecule has 0 radical (unpaired) electrons. The number of hydrogen-bond acceptors (Lipinski definition) is 5. The Bertz CT molecular complexity index is 502. The summed E-state index contributed by atoms with van der Waals surface area (Å²) in [5.74, 6) is -0.292. The molecular formula is C10H18ClN3O3S2. The van der Waals surface area contributed by atoms with Crippen molar-refractivity contribution >= 4 is 39.7 Å². The molecule has 6 nitrogen and oxygen atoms in total. The van der Waals surface area contributed by atoms with E-state index in [4.69, 9.17) is 5.14 Å². The Labute approximate surface area is 123 Å². The van der Waals surface area contributed by atoms with Crippen molar-refractivity contribution in [2.24, 2.45) is 5.14 Å². The molecule has 0 bridgehead atoms. The van der Waals surface area contributed by atoms with Crippen LogP contribution >= 0.6 is 23.7 Å². The van der Waals surface area contributed by atoms with Crippen molar-refractivity contribution in [3.8, 4) is 0 Å². The summed E-state index contributed by atoms with van der Waals surface area (Å²) in [4.78, 5) is 11.6. The maximum absolute atomic E-state index is 11.6. The number of carbonyl (C=O) groups excluding carboxylic acids is 1. The molecule has 0 fully saturated rings. The minimum Gasteiger partial charge on any atom is -0.351 e. The Morgan fingerprint density at radius 2 is 2.05 bits per heavy atom. The van der Waals surface area contributed by atoms with Crippen LogP contribution in [0.15, 0.2) is 15.7 Å². The van der Waals surface area contributed by atoms with Crippen LogP contribution in [0.1, 0.15) is 23.7 Å². The number of halogens is 1. The van der Waals surface area contributed by atoms with Crippen molar-refractivity contribution in [2.75, 3.05) is 19.6 Å². The molecular weight excluding hydrogens is 310 g/mol. The van der Waals surface area contributed by atoms with Crippen LogP contribution in [0.5, 0.6) is 0 Å². The maximum atomic E-state index is 11.6. The molecule has 0 aromatic carbocycles. The van der Waals surface area contributed by atoms with Crippen LogP contribution in [0.4, 0.5) is 0 Å². The molecule has 110 valence electrons. The number of sulfonamides is 1. The number of rotatable bonds is 7. The fourth-order valence-corrected chi connectivity index (χ4v) is 2.84. The Balaban J connectivity index is 0.00000324. The van der Waals surface area contributed by atoms with Crippen LogP contribution in [0.25, 0.3) is 0 Å². The topological polar surface area (TPSA) is 101 Å². The predicted molar refractivity (Wildman–Crippen MR) is 78.4 cm³/mol. The largest absolute Gasteiger partial charge is 0.351 e. The van der Waals surface area contributed by atoms with E-state index in [1.54, 1.807) is 0 Å². The average Bonchev–Trinajstić information content (AvgIpc) is 2.77. The van der Waals surface area contributed by atoms with Gasteiger partial charge in [-0.25, -0.2) is 13.6 Å². The molecule has 0 aliphatic carbocycles. The van der Waals surface area contributed by atoms with Crippen molar-refractivity contribution in [3.05, 3.63) is 17.0 Å². The van der Waals surface area contributed by atoms with E-state index in [2.05, 4.69) is 17.6 Å². The number of nitrogens with one attached hydrogen (secondary N) is 2. The molecule has 0 aliphatic rings. The van der Waals surface area contributed by atoms with Gasteiger partial charge in [0.05, 0.1) is 5.56 Å². The summed E-state index contributed by atoms with van der Waals surface area (Å²) >= 11 is 0.943. The molecule has 1 aromatic rings. The van der Waals surface area contributed by atoms with E-state index >= 15 is 0 Å². The van der Waals surface area contributed by atoms with Crippen LogP contribution in [-0.2, 0) is 10.0 Å². The summed E-state index contributed by atoms with van der Waals surface area (Å²) in [6, 6.07) is 1.29. The van der Waals surface area contributed by atoms with Gasteiger partial charge in [0.25, 0.3) is 5.91 Å². The summed E-state index contributed by atoms with van der Waals surface area (Å²) in [5, 5.41) is 12.3. The highest BCUT2D eigenvalue weighted by Gasteiger charge is 2.14. The molecule has 4 N–H and O–H groups in total. The van der Waals surface area contributed by atoms with Crippen molar-refractivity contribution in [3.63, 3.8) is 0 Å². The van der Waals surface area contributed by atoms with Crippen LogP contribution in [0.2, 0.25) is 0 Å². The zero-order valence-electron chi connectivity index (χ0n) is 10.5. The molecule has 1 rings (SSSR count). The summed E-state index contributed by atoms with van der Waals surface area (Å²) in [5.41, 5.74) is 0.319. The zero-order chi connectivity index (χ0) is 13.6. The number of carbonyl (C=O) groups is 1. The first kappa shape index (κ1) is 18.3. The Kier molecular flexibility index (Phi) is 8.19. The van der Waals surface area contributed by atoms with Gasteiger partial charge in [-0.1, -0.05) is 6.92 Å². The van der Waals surface area contributed by atoms with Gasteiger partial charge in [-0.05, 0) is 19.0 Å². The first-order chi connectivity index (χ1) is 8.45. The number of thiophene rings is 1. The van der Waals surface area contributed by atoms with Crippen LogP contribution in [0, 0.1) is 0 Å². The van der Waals surface area contributed by atoms with Gasteiger partial charge in [-0.15, -0.1) is 23.7 Å². The van der Waals surface area contributed by atoms with Crippen LogP contribution in [0.3, 0.4) is 0 Å². The van der Waals surface area contributed by atoms with E-state index in [0.717, 1.165) is 24.3 Å². The molecule has 0 unspecified atom stereocenters. The molecule has 0 aliphatic heterocycles. The first-order valence-electron chi connectivity index (χ1n) is 5.55. The minimum absolute atomic E-state index is 0. The Hall–Kier alpha value is -0.670. The lowest BCUT2D eigenvalue weighted by Crippen LogP contribution is -2.31. The van der Waals surface area contributed by atoms with Crippen molar-refractivity contribution in [1.82, 2.24) is 10.6 Å². The van der Waals surface area contributed by atoms with E-state index in [0.29, 0.717) is 18.7 Å².